The van der Waals surface area contributed by atoms with Crippen LogP contribution in [0.5, 0.6) is 0 Å². The molecule has 0 bridgehead atoms. The maximum atomic E-state index is 5.94. The Bertz CT molecular complexity index is 379. The first-order chi connectivity index (χ1) is 9.22. The van der Waals surface area contributed by atoms with Gasteiger partial charge in [0.1, 0.15) is 0 Å². The normalized spacial score (nSPS) is 14.7. The number of methoxy groups -OCH3 is 1. The van der Waals surface area contributed by atoms with Crippen molar-refractivity contribution >= 4 is 15.8 Å². The molecule has 0 aliphatic heterocycles. The molecule has 2 atom stereocenters. The van der Waals surface area contributed by atoms with Crippen LogP contribution >= 0.6 is 0 Å². The Kier molecular flexibility index (Phi) is 7.71. The summed E-state index contributed by atoms with van der Waals surface area (Å²) in [5.74, 6) is 0. The lowest BCUT2D eigenvalue weighted by atomic mass is 10.1. The van der Waals surface area contributed by atoms with Gasteiger partial charge in [-0.3, -0.25) is 0 Å². The van der Waals surface area contributed by atoms with E-state index in [2.05, 4.69) is 38.6 Å². The van der Waals surface area contributed by atoms with Gasteiger partial charge in [0.2, 0.25) is 0 Å². The molecule has 0 saturated carbocycles. The minimum atomic E-state index is -0.518. The number of benzene rings is 1. The summed E-state index contributed by atoms with van der Waals surface area (Å²) >= 11 is 0. The molecule has 1 aromatic rings. The highest BCUT2D eigenvalue weighted by Gasteiger charge is 2.15. The van der Waals surface area contributed by atoms with Gasteiger partial charge in [-0.15, -0.1) is 0 Å². The molecule has 19 heavy (non-hydrogen) atoms. The van der Waals surface area contributed by atoms with Gasteiger partial charge in [0, 0.05) is 13.7 Å². The van der Waals surface area contributed by atoms with Crippen LogP contribution in [-0.2, 0) is 15.6 Å². The molecule has 0 saturated heterocycles. The van der Waals surface area contributed by atoms with Crippen LogP contribution < -0.4 is 0 Å². The number of ether oxygens (including phenoxy) is 1. The molecule has 2 unspecified atom stereocenters. The van der Waals surface area contributed by atoms with Gasteiger partial charge >= 0.3 is 0 Å². The first-order valence-corrected chi connectivity index (χ1v) is 8.43. The van der Waals surface area contributed by atoms with Crippen LogP contribution in [0.4, 0.5) is 0 Å². The summed E-state index contributed by atoms with van der Waals surface area (Å²) in [4.78, 5) is 0. The second-order valence-corrected chi connectivity index (χ2v) is 6.63. The first kappa shape index (κ1) is 16.2. The summed E-state index contributed by atoms with van der Waals surface area (Å²) in [6, 6.07) is 8.36. The quantitative estimate of drug-likeness (QED) is 0.510. The highest BCUT2D eigenvalue weighted by molar-refractivity contribution is 6.29. The molecule has 0 fully saturated rings. The largest absolute Gasteiger partial charge is 0.423 e. The zero-order valence-electron chi connectivity index (χ0n) is 12.4. The molecule has 0 aliphatic rings. The van der Waals surface area contributed by atoms with E-state index in [4.69, 9.17) is 9.16 Å². The van der Waals surface area contributed by atoms with Gasteiger partial charge in [-0.25, -0.2) is 0 Å². The minimum Gasteiger partial charge on any atom is -0.423 e. The lowest BCUT2D eigenvalue weighted by molar-refractivity contribution is 0.105. The molecule has 1 rings (SSSR count). The molecule has 0 amide bonds. The van der Waals surface area contributed by atoms with Gasteiger partial charge in [-0.05, 0) is 30.0 Å². The Balaban J connectivity index is 2.36. The van der Waals surface area contributed by atoms with Crippen molar-refractivity contribution in [3.63, 3.8) is 0 Å². The van der Waals surface area contributed by atoms with Gasteiger partial charge in [-0.1, -0.05) is 50.3 Å². The zero-order chi connectivity index (χ0) is 14.1. The smallest absolute Gasteiger partial charge is 0.167 e. The summed E-state index contributed by atoms with van der Waals surface area (Å²) in [7, 11) is 1.26. The third kappa shape index (κ3) is 5.31. The predicted octanol–water partition coefficient (Wildman–Crippen LogP) is 3.21. The Hall–Kier alpha value is -0.903. The lowest BCUT2D eigenvalue weighted by Crippen LogP contribution is -2.21. The van der Waals surface area contributed by atoms with E-state index >= 15 is 0 Å². The van der Waals surface area contributed by atoms with Crippen molar-refractivity contribution in [1.82, 2.24) is 0 Å². The van der Waals surface area contributed by atoms with Crippen LogP contribution in [0.25, 0.3) is 6.08 Å². The molecular formula is C16H26O2Si. The van der Waals surface area contributed by atoms with Crippen molar-refractivity contribution in [3.8, 4) is 0 Å². The van der Waals surface area contributed by atoms with E-state index in [-0.39, 0.29) is 0 Å². The van der Waals surface area contributed by atoms with Gasteiger partial charge in [0.15, 0.2) is 9.76 Å². The summed E-state index contributed by atoms with van der Waals surface area (Å²) in [6.07, 6.45) is 4.34. The van der Waals surface area contributed by atoms with Crippen molar-refractivity contribution in [1.29, 1.82) is 0 Å². The Labute approximate surface area is 119 Å². The van der Waals surface area contributed by atoms with Crippen LogP contribution in [0.1, 0.15) is 31.4 Å². The van der Waals surface area contributed by atoms with Crippen LogP contribution in [0.3, 0.4) is 0 Å². The molecule has 2 nitrogen and oxygen atoms in total. The molecule has 1 aromatic carbocycles. The van der Waals surface area contributed by atoms with Crippen molar-refractivity contribution in [3.05, 3.63) is 42.0 Å². The Morgan fingerprint density at radius 2 is 2.11 bits per heavy atom. The van der Waals surface area contributed by atoms with E-state index in [1.807, 2.05) is 12.1 Å². The fourth-order valence-electron chi connectivity index (χ4n) is 2.16. The van der Waals surface area contributed by atoms with Crippen molar-refractivity contribution in [2.24, 2.45) is 0 Å². The molecule has 0 heterocycles. The van der Waals surface area contributed by atoms with Crippen molar-refractivity contribution in [2.45, 2.75) is 38.3 Å². The third-order valence-electron chi connectivity index (χ3n) is 3.68. The fraction of sp³-hybridized carbons (Fsp3) is 0.500. The summed E-state index contributed by atoms with van der Waals surface area (Å²) < 4.78 is 11.3. The lowest BCUT2D eigenvalue weighted by Gasteiger charge is -2.20. The molecule has 0 radical (unpaired) electrons. The molecule has 0 aliphatic carbocycles. The van der Waals surface area contributed by atoms with Crippen LogP contribution in [0.2, 0.25) is 5.54 Å². The number of hydrogen-bond donors (Lipinski definition) is 0. The minimum absolute atomic E-state index is 0.317. The number of rotatable bonds is 9. The molecule has 0 spiro atoms. The highest BCUT2D eigenvalue weighted by atomic mass is 28.2. The first-order valence-electron chi connectivity index (χ1n) is 7.03. The SMILES string of the molecule is C=Cc1ccccc1CCO[SiH2]C(CC)C(C)OC. The zero-order valence-corrected chi connectivity index (χ0v) is 13.8. The van der Waals surface area contributed by atoms with Gasteiger partial charge in [-0.2, -0.15) is 0 Å². The fourth-order valence-corrected chi connectivity index (χ4v) is 3.47. The van der Waals surface area contributed by atoms with E-state index in [1.54, 1.807) is 7.11 Å². The predicted molar refractivity (Wildman–Crippen MR) is 85.2 cm³/mol. The van der Waals surface area contributed by atoms with Crippen LogP contribution in [0, 0.1) is 0 Å². The number of hydrogen-bond acceptors (Lipinski definition) is 2. The second kappa shape index (κ2) is 9.07. The summed E-state index contributed by atoms with van der Waals surface area (Å²) in [5.41, 5.74) is 3.14. The van der Waals surface area contributed by atoms with Crippen LogP contribution in [0.15, 0.2) is 30.8 Å². The van der Waals surface area contributed by atoms with E-state index in [9.17, 15) is 0 Å². The highest BCUT2D eigenvalue weighted by Crippen LogP contribution is 2.17. The standard InChI is InChI=1S/C16H26O2Si/c1-5-14-9-7-8-10-15(14)11-12-18-19-16(6-2)13(3)17-4/h5,7-10,13,16H,1,6,11-12,19H2,2-4H3. The average Bonchev–Trinajstić information content (AvgIpc) is 2.47. The summed E-state index contributed by atoms with van der Waals surface area (Å²) in [5, 5.41) is 0. The Morgan fingerprint density at radius 3 is 2.74 bits per heavy atom. The molecule has 3 heteroatoms. The second-order valence-electron chi connectivity index (χ2n) is 4.84. The topological polar surface area (TPSA) is 18.5 Å². The van der Waals surface area contributed by atoms with Gasteiger partial charge < -0.3 is 9.16 Å². The third-order valence-corrected chi connectivity index (χ3v) is 5.88. The van der Waals surface area contributed by atoms with Crippen molar-refractivity contribution in [2.75, 3.05) is 13.7 Å². The Morgan fingerprint density at radius 1 is 1.37 bits per heavy atom. The molecule has 0 aromatic heterocycles. The van der Waals surface area contributed by atoms with E-state index in [0.717, 1.165) is 19.4 Å². The molecular weight excluding hydrogens is 252 g/mol. The van der Waals surface area contributed by atoms with E-state index in [1.165, 1.54) is 11.1 Å². The molecule has 106 valence electrons. The van der Waals surface area contributed by atoms with Gasteiger partial charge in [0.25, 0.3) is 0 Å². The monoisotopic (exact) mass is 278 g/mol. The average molecular weight is 278 g/mol. The van der Waals surface area contributed by atoms with E-state index < -0.39 is 9.76 Å². The van der Waals surface area contributed by atoms with Gasteiger partial charge in [0.05, 0.1) is 6.10 Å². The summed E-state index contributed by atoms with van der Waals surface area (Å²) in [6.45, 7) is 9.00. The van der Waals surface area contributed by atoms with E-state index in [0.29, 0.717) is 11.6 Å². The van der Waals surface area contributed by atoms with Crippen LogP contribution in [-0.4, -0.2) is 29.6 Å². The van der Waals surface area contributed by atoms with Crippen molar-refractivity contribution < 1.29 is 9.16 Å². The maximum absolute atomic E-state index is 5.94. The maximum Gasteiger partial charge on any atom is 0.167 e. The molecule has 0 N–H and O–H groups in total.